The first-order valence-electron chi connectivity index (χ1n) is 16.3. The highest BCUT2D eigenvalue weighted by atomic mass is 35.5. The average molecular weight is 711 g/mol. The second kappa shape index (κ2) is 13.1. The van der Waals surface area contributed by atoms with Crippen LogP contribution in [0.3, 0.4) is 0 Å². The van der Waals surface area contributed by atoms with Crippen molar-refractivity contribution in [3.63, 3.8) is 0 Å². The van der Waals surface area contributed by atoms with Crippen LogP contribution in [0.1, 0.15) is 69.4 Å². The van der Waals surface area contributed by atoms with Crippen LogP contribution in [0.25, 0.3) is 16.7 Å². The summed E-state index contributed by atoms with van der Waals surface area (Å²) in [7, 11) is 0. The van der Waals surface area contributed by atoms with Crippen molar-refractivity contribution in [2.45, 2.75) is 76.9 Å². The monoisotopic (exact) mass is 709 g/mol. The summed E-state index contributed by atoms with van der Waals surface area (Å²) in [6, 6.07) is 15.5. The van der Waals surface area contributed by atoms with Gasteiger partial charge < -0.3 is 19.5 Å². The molecule has 2 saturated heterocycles. The summed E-state index contributed by atoms with van der Waals surface area (Å²) in [5.41, 5.74) is -0.214. The normalized spacial score (nSPS) is 19.2. The summed E-state index contributed by atoms with van der Waals surface area (Å²) in [6.45, 7) is 10.8. The Labute approximate surface area is 294 Å². The lowest BCUT2D eigenvalue weighted by molar-refractivity contribution is -0.114. The van der Waals surface area contributed by atoms with E-state index in [1.54, 1.807) is 44.7 Å². The van der Waals surface area contributed by atoms with Crippen LogP contribution in [0, 0.1) is 0 Å². The van der Waals surface area contributed by atoms with Crippen LogP contribution in [0.15, 0.2) is 65.7 Å². The summed E-state index contributed by atoms with van der Waals surface area (Å²) in [5.74, 6) is -0.126. The molecule has 0 unspecified atom stereocenters. The first kappa shape index (κ1) is 34.9. The van der Waals surface area contributed by atoms with Gasteiger partial charge in [-0.3, -0.25) is 23.6 Å². The first-order valence-corrected chi connectivity index (χ1v) is 17.1. The number of ether oxygens (including phenoxy) is 2. The summed E-state index contributed by atoms with van der Waals surface area (Å²) >= 11 is 12.6. The number of carbonyl (C=O) groups is 2. The number of hydrogen-bond donors (Lipinski definition) is 1. The number of aromatic nitrogens is 3. The minimum atomic E-state index is -1.19. The Morgan fingerprint density at radius 1 is 1.04 bits per heavy atom. The molecule has 2 aromatic heterocycles. The van der Waals surface area contributed by atoms with Crippen LogP contribution in [0.5, 0.6) is 0 Å². The molecule has 0 bridgehead atoms. The Morgan fingerprint density at radius 3 is 2.33 bits per heavy atom. The molecule has 0 aliphatic carbocycles. The molecule has 2 aromatic carbocycles. The zero-order valence-electron chi connectivity index (χ0n) is 28.3. The molecular formula is C36H41Cl2N5O6. The molecule has 6 rings (SSSR count). The molecule has 1 N–H and O–H groups in total. The number of morpholine rings is 1. The van der Waals surface area contributed by atoms with E-state index in [1.807, 2.05) is 58.9 Å². The minimum Gasteiger partial charge on any atom is -0.444 e. The largest absolute Gasteiger partial charge is 0.444 e. The molecular weight excluding hydrogens is 669 g/mol. The van der Waals surface area contributed by atoms with Gasteiger partial charge in [0.2, 0.25) is 0 Å². The van der Waals surface area contributed by atoms with Crippen molar-refractivity contribution >= 4 is 46.2 Å². The molecule has 0 radical (unpaired) electrons. The summed E-state index contributed by atoms with van der Waals surface area (Å²) in [6.07, 6.45) is 1.63. The minimum absolute atomic E-state index is 0.0314. The van der Waals surface area contributed by atoms with Crippen LogP contribution < -0.4 is 5.56 Å². The number of fused-ring (bicyclic) bond motifs is 1. The topological polar surface area (TPSA) is 119 Å². The number of aliphatic hydroxyl groups is 1. The van der Waals surface area contributed by atoms with Gasteiger partial charge in [-0.1, -0.05) is 35.3 Å². The molecule has 4 aromatic rings. The lowest BCUT2D eigenvalue weighted by atomic mass is 9.91. The van der Waals surface area contributed by atoms with Crippen molar-refractivity contribution in [3.05, 3.63) is 92.6 Å². The van der Waals surface area contributed by atoms with Crippen molar-refractivity contribution in [1.82, 2.24) is 23.9 Å². The number of carbonyl (C=O) groups excluding carboxylic acids is 2. The number of nitrogens with zero attached hydrogens (tertiary/aromatic N) is 5. The molecule has 11 nitrogen and oxygen atoms in total. The molecule has 0 spiro atoms. The molecule has 0 saturated carbocycles. The number of likely N-dealkylation sites (tertiary alicyclic amines) is 1. The molecule has 13 heteroatoms. The maximum absolute atomic E-state index is 13.6. The second-order valence-electron chi connectivity index (χ2n) is 14.5. The summed E-state index contributed by atoms with van der Waals surface area (Å²) in [4.78, 5) is 47.8. The number of hydrogen-bond acceptors (Lipinski definition) is 7. The van der Waals surface area contributed by atoms with Crippen molar-refractivity contribution in [2.75, 3.05) is 26.2 Å². The highest BCUT2D eigenvalue weighted by Gasteiger charge is 2.39. The van der Waals surface area contributed by atoms with E-state index in [1.165, 1.54) is 10.9 Å². The van der Waals surface area contributed by atoms with Gasteiger partial charge in [0, 0.05) is 29.4 Å². The van der Waals surface area contributed by atoms with Crippen LogP contribution in [-0.4, -0.2) is 84.1 Å². The Balaban J connectivity index is 1.19. The van der Waals surface area contributed by atoms with E-state index in [0.29, 0.717) is 71.5 Å². The quantitative estimate of drug-likeness (QED) is 0.260. The predicted octanol–water partition coefficient (Wildman–Crippen LogP) is 6.25. The standard InChI is InChI=1S/C36H41Cl2N5O6/c1-34(2,3)49-33(46)42-20-35(4,5)48-19-28(42)23-8-12-26(13-9-23)43-29(38)18-27-30(43)39-22-41(32(27)45)21-36(47)14-16-40(17-15-36)31(44)24-6-10-25(37)11-7-24/h6-13,18,22,28,47H,14-17,19-21H2,1-5H3/t28-/m1/s1. The fourth-order valence-corrected chi connectivity index (χ4v) is 6.83. The van der Waals surface area contributed by atoms with E-state index < -0.39 is 22.9 Å². The maximum Gasteiger partial charge on any atom is 0.410 e. The molecule has 49 heavy (non-hydrogen) atoms. The number of halogens is 2. The zero-order valence-corrected chi connectivity index (χ0v) is 29.8. The van der Waals surface area contributed by atoms with Crippen molar-refractivity contribution in [1.29, 1.82) is 0 Å². The van der Waals surface area contributed by atoms with Crippen molar-refractivity contribution in [3.8, 4) is 5.69 Å². The molecule has 1 atom stereocenters. The van der Waals surface area contributed by atoms with Crippen LogP contribution in [-0.2, 0) is 16.0 Å². The van der Waals surface area contributed by atoms with Gasteiger partial charge in [-0.25, -0.2) is 9.78 Å². The van der Waals surface area contributed by atoms with E-state index in [4.69, 9.17) is 32.7 Å². The molecule has 2 aliphatic heterocycles. The van der Waals surface area contributed by atoms with Crippen molar-refractivity contribution in [2.24, 2.45) is 0 Å². The summed E-state index contributed by atoms with van der Waals surface area (Å²) in [5, 5.41) is 12.6. The van der Waals surface area contributed by atoms with Crippen LogP contribution >= 0.6 is 23.2 Å². The van der Waals surface area contributed by atoms with Gasteiger partial charge in [0.25, 0.3) is 11.5 Å². The fourth-order valence-electron chi connectivity index (χ4n) is 6.42. The number of benzene rings is 2. The van der Waals surface area contributed by atoms with Gasteiger partial charge in [0.05, 0.1) is 42.3 Å². The third-order valence-corrected chi connectivity index (χ3v) is 9.53. The zero-order chi connectivity index (χ0) is 35.3. The van der Waals surface area contributed by atoms with Crippen LogP contribution in [0.2, 0.25) is 10.2 Å². The van der Waals surface area contributed by atoms with E-state index in [0.717, 1.165) is 5.56 Å². The van der Waals surface area contributed by atoms with Gasteiger partial charge in [0.15, 0.2) is 5.65 Å². The van der Waals surface area contributed by atoms with Crippen LogP contribution in [0.4, 0.5) is 4.79 Å². The van der Waals surface area contributed by atoms with Gasteiger partial charge in [0.1, 0.15) is 17.1 Å². The van der Waals surface area contributed by atoms with E-state index in [2.05, 4.69) is 4.98 Å². The SMILES string of the molecule is CC(C)(C)OC(=O)N1CC(C)(C)OC[C@@H]1c1ccc(-n2c(Cl)cc3c(=O)n(CC4(O)CCN(C(=O)c5ccc(Cl)cc5)CC4)cnc32)cc1. The van der Waals surface area contributed by atoms with Gasteiger partial charge >= 0.3 is 6.09 Å². The second-order valence-corrected chi connectivity index (χ2v) is 15.4. The highest BCUT2D eigenvalue weighted by Crippen LogP contribution is 2.34. The Morgan fingerprint density at radius 2 is 1.69 bits per heavy atom. The number of piperidine rings is 1. The molecule has 2 amide bonds. The lowest BCUT2D eigenvalue weighted by Gasteiger charge is -2.44. The molecule has 2 aliphatic rings. The third-order valence-electron chi connectivity index (χ3n) is 9.00. The molecule has 4 heterocycles. The smallest absolute Gasteiger partial charge is 0.410 e. The van der Waals surface area contributed by atoms with Gasteiger partial charge in [-0.15, -0.1) is 0 Å². The Hall–Kier alpha value is -3.90. The highest BCUT2D eigenvalue weighted by molar-refractivity contribution is 6.31. The third kappa shape index (κ3) is 7.50. The first-order chi connectivity index (χ1) is 23.0. The lowest BCUT2D eigenvalue weighted by Crippen LogP contribution is -2.53. The Kier molecular flexibility index (Phi) is 9.34. The summed E-state index contributed by atoms with van der Waals surface area (Å²) < 4.78 is 14.9. The van der Waals surface area contributed by atoms with Crippen molar-refractivity contribution < 1.29 is 24.2 Å². The van der Waals surface area contributed by atoms with E-state index >= 15 is 0 Å². The average Bonchev–Trinajstić information content (AvgIpc) is 3.38. The van der Waals surface area contributed by atoms with Gasteiger partial charge in [-0.05, 0) is 95.5 Å². The van der Waals surface area contributed by atoms with Gasteiger partial charge in [-0.2, -0.15) is 0 Å². The number of amides is 2. The van der Waals surface area contributed by atoms with E-state index in [-0.39, 0.29) is 24.1 Å². The fraction of sp³-hybridized carbons (Fsp3) is 0.444. The number of rotatable bonds is 5. The maximum atomic E-state index is 13.6. The molecule has 2 fully saturated rings. The van der Waals surface area contributed by atoms with E-state index in [9.17, 15) is 19.5 Å². The molecule has 260 valence electrons. The predicted molar refractivity (Wildman–Crippen MR) is 188 cm³/mol. The Bertz CT molecular complexity index is 1920.